The first-order valence-corrected chi connectivity index (χ1v) is 9.34. The molecule has 0 bridgehead atoms. The summed E-state index contributed by atoms with van der Waals surface area (Å²) < 4.78 is 7.58. The molecular weight excluding hydrogens is 346 g/mol. The predicted molar refractivity (Wildman–Crippen MR) is 109 cm³/mol. The van der Waals surface area contributed by atoms with Gasteiger partial charge in [0.1, 0.15) is 5.76 Å². The van der Waals surface area contributed by atoms with Crippen molar-refractivity contribution in [3.63, 3.8) is 0 Å². The lowest BCUT2D eigenvalue weighted by Gasteiger charge is -2.08. The van der Waals surface area contributed by atoms with Crippen molar-refractivity contribution < 1.29 is 4.42 Å². The molecule has 0 saturated heterocycles. The first-order chi connectivity index (χ1) is 13.8. The highest BCUT2D eigenvalue weighted by atomic mass is 16.3. The van der Waals surface area contributed by atoms with E-state index in [1.165, 1.54) is 5.56 Å². The highest BCUT2D eigenvalue weighted by Crippen LogP contribution is 2.22. The van der Waals surface area contributed by atoms with Crippen LogP contribution in [0.3, 0.4) is 0 Å². The van der Waals surface area contributed by atoms with Gasteiger partial charge in [-0.1, -0.05) is 60.7 Å². The summed E-state index contributed by atoms with van der Waals surface area (Å²) in [6, 6.07) is 24.5. The summed E-state index contributed by atoms with van der Waals surface area (Å²) in [5, 5.41) is 0. The average Bonchev–Trinajstić information content (AvgIpc) is 3.39. The van der Waals surface area contributed by atoms with Crippen molar-refractivity contribution in [2.24, 2.45) is 0 Å². The molecule has 28 heavy (non-hydrogen) atoms. The zero-order valence-electron chi connectivity index (χ0n) is 15.3. The molecule has 0 N–H and O–H groups in total. The Kier molecular flexibility index (Phi) is 4.22. The number of fused-ring (bicyclic) bond motifs is 1. The molecule has 3 heterocycles. The van der Waals surface area contributed by atoms with E-state index in [9.17, 15) is 0 Å². The maximum atomic E-state index is 5.49. The van der Waals surface area contributed by atoms with Crippen LogP contribution in [0.25, 0.3) is 16.9 Å². The summed E-state index contributed by atoms with van der Waals surface area (Å²) in [5.41, 5.74) is 6.10. The van der Waals surface area contributed by atoms with Gasteiger partial charge in [-0.3, -0.25) is 0 Å². The number of hydrogen-bond acceptors (Lipinski definition) is 3. The maximum absolute atomic E-state index is 5.49. The Balaban J connectivity index is 1.62. The van der Waals surface area contributed by atoms with E-state index in [0.717, 1.165) is 40.5 Å². The van der Waals surface area contributed by atoms with Gasteiger partial charge in [0.15, 0.2) is 5.65 Å². The lowest BCUT2D eigenvalue weighted by Crippen LogP contribution is -2.00. The van der Waals surface area contributed by atoms with Crippen molar-refractivity contribution in [2.75, 3.05) is 0 Å². The molecule has 0 atom stereocenters. The van der Waals surface area contributed by atoms with Crippen LogP contribution in [0.15, 0.2) is 95.9 Å². The lowest BCUT2D eigenvalue weighted by molar-refractivity contribution is 0.519. The number of benzene rings is 2. The topological polar surface area (TPSA) is 43.3 Å². The molecule has 3 aromatic heterocycles. The van der Waals surface area contributed by atoms with E-state index in [4.69, 9.17) is 14.4 Å². The summed E-state index contributed by atoms with van der Waals surface area (Å²) in [6.07, 6.45) is 7.22. The number of rotatable bonds is 5. The second-order valence-electron chi connectivity index (χ2n) is 6.82. The summed E-state index contributed by atoms with van der Waals surface area (Å²) in [7, 11) is 0. The summed E-state index contributed by atoms with van der Waals surface area (Å²) in [6.45, 7) is 0. The van der Waals surface area contributed by atoms with Crippen molar-refractivity contribution in [2.45, 2.75) is 12.8 Å². The molecule has 5 rings (SSSR count). The number of hydrogen-bond donors (Lipinski definition) is 0. The molecule has 0 radical (unpaired) electrons. The van der Waals surface area contributed by atoms with Gasteiger partial charge in [0.2, 0.25) is 0 Å². The molecule has 0 spiro atoms. The quantitative estimate of drug-likeness (QED) is 0.431. The summed E-state index contributed by atoms with van der Waals surface area (Å²) >= 11 is 0. The lowest BCUT2D eigenvalue weighted by atomic mass is 10.1. The zero-order chi connectivity index (χ0) is 18.8. The Labute approximate surface area is 163 Å². The Morgan fingerprint density at radius 1 is 0.750 bits per heavy atom. The number of nitrogens with zero attached hydrogens (tertiary/aromatic N) is 3. The highest BCUT2D eigenvalue weighted by Gasteiger charge is 2.13. The van der Waals surface area contributed by atoms with Crippen LogP contribution in [0.1, 0.15) is 22.7 Å². The second-order valence-corrected chi connectivity index (χ2v) is 6.82. The maximum Gasteiger partial charge on any atom is 0.159 e. The van der Waals surface area contributed by atoms with E-state index in [2.05, 4.69) is 53.2 Å². The smallest absolute Gasteiger partial charge is 0.159 e. The Morgan fingerprint density at radius 3 is 2.29 bits per heavy atom. The number of imidazole rings is 1. The Bertz CT molecular complexity index is 1190. The summed E-state index contributed by atoms with van der Waals surface area (Å²) in [5.74, 6) is 0.907. The largest absolute Gasteiger partial charge is 0.469 e. The van der Waals surface area contributed by atoms with Crippen LogP contribution in [-0.2, 0) is 12.8 Å². The minimum Gasteiger partial charge on any atom is -0.469 e. The van der Waals surface area contributed by atoms with Crippen molar-refractivity contribution in [3.8, 4) is 11.3 Å². The van der Waals surface area contributed by atoms with Gasteiger partial charge in [0.25, 0.3) is 0 Å². The van der Waals surface area contributed by atoms with Gasteiger partial charge in [-0.25, -0.2) is 9.97 Å². The molecule has 4 nitrogen and oxygen atoms in total. The van der Waals surface area contributed by atoms with Crippen LogP contribution in [0.2, 0.25) is 0 Å². The van der Waals surface area contributed by atoms with Crippen LogP contribution in [0, 0.1) is 0 Å². The van der Waals surface area contributed by atoms with Gasteiger partial charge in [-0.05, 0) is 17.7 Å². The van der Waals surface area contributed by atoms with Gasteiger partial charge >= 0.3 is 0 Å². The molecule has 0 aliphatic heterocycles. The first kappa shape index (κ1) is 16.5. The fourth-order valence-corrected chi connectivity index (χ4v) is 3.44. The van der Waals surface area contributed by atoms with E-state index in [0.29, 0.717) is 6.42 Å². The SMILES string of the molecule is c1ccc(Cc2nc(-c3ccccc3)cn3cc(Cc4ccco4)nc23)cc1. The molecule has 0 aliphatic rings. The third kappa shape index (κ3) is 3.32. The van der Waals surface area contributed by atoms with Crippen molar-refractivity contribution in [3.05, 3.63) is 114 Å². The molecule has 5 aromatic rings. The van der Waals surface area contributed by atoms with Crippen LogP contribution < -0.4 is 0 Å². The number of aromatic nitrogens is 3. The van der Waals surface area contributed by atoms with Crippen molar-refractivity contribution in [1.82, 2.24) is 14.4 Å². The number of furan rings is 1. The summed E-state index contributed by atoms with van der Waals surface area (Å²) in [4.78, 5) is 9.83. The minimum absolute atomic E-state index is 0.667. The van der Waals surface area contributed by atoms with E-state index >= 15 is 0 Å². The van der Waals surface area contributed by atoms with E-state index in [-0.39, 0.29) is 0 Å². The van der Waals surface area contributed by atoms with Crippen LogP contribution in [0.4, 0.5) is 0 Å². The van der Waals surface area contributed by atoms with E-state index < -0.39 is 0 Å². The second kappa shape index (κ2) is 7.16. The van der Waals surface area contributed by atoms with E-state index in [1.54, 1.807) is 6.26 Å². The fourth-order valence-electron chi connectivity index (χ4n) is 3.44. The minimum atomic E-state index is 0.667. The van der Waals surface area contributed by atoms with Crippen LogP contribution in [0.5, 0.6) is 0 Å². The molecule has 2 aromatic carbocycles. The van der Waals surface area contributed by atoms with Gasteiger partial charge in [-0.15, -0.1) is 0 Å². The normalized spacial score (nSPS) is 11.1. The Morgan fingerprint density at radius 2 is 1.54 bits per heavy atom. The molecule has 4 heteroatoms. The van der Waals surface area contributed by atoms with Gasteiger partial charge in [0, 0.05) is 30.8 Å². The van der Waals surface area contributed by atoms with Gasteiger partial charge in [0.05, 0.1) is 23.3 Å². The molecule has 136 valence electrons. The van der Waals surface area contributed by atoms with Crippen molar-refractivity contribution in [1.29, 1.82) is 0 Å². The monoisotopic (exact) mass is 365 g/mol. The molecule has 0 saturated carbocycles. The zero-order valence-corrected chi connectivity index (χ0v) is 15.3. The average molecular weight is 365 g/mol. The molecule has 0 aliphatic carbocycles. The molecule has 0 fully saturated rings. The molecular formula is C24H19N3O. The molecule has 0 unspecified atom stereocenters. The van der Waals surface area contributed by atoms with Gasteiger partial charge < -0.3 is 8.82 Å². The molecule has 0 amide bonds. The van der Waals surface area contributed by atoms with Crippen LogP contribution >= 0.6 is 0 Å². The van der Waals surface area contributed by atoms with Crippen LogP contribution in [-0.4, -0.2) is 14.4 Å². The van der Waals surface area contributed by atoms with Crippen molar-refractivity contribution >= 4 is 5.65 Å². The van der Waals surface area contributed by atoms with Gasteiger partial charge in [-0.2, -0.15) is 0 Å². The first-order valence-electron chi connectivity index (χ1n) is 9.34. The third-order valence-electron chi connectivity index (χ3n) is 4.78. The van der Waals surface area contributed by atoms with E-state index in [1.807, 2.05) is 36.4 Å². The fraction of sp³-hybridized carbons (Fsp3) is 0.0833. The Hall–Kier alpha value is -3.66. The highest BCUT2D eigenvalue weighted by molar-refractivity contribution is 5.61. The predicted octanol–water partition coefficient (Wildman–Crippen LogP) is 5.17. The third-order valence-corrected chi connectivity index (χ3v) is 4.78. The standard InChI is InChI=1S/C24H19N3O/c1-3-8-18(9-4-1)14-22-24-25-20(15-21-12-7-13-28-21)16-27(24)17-23(26-22)19-10-5-2-6-11-19/h1-13,16-17H,14-15H2.